The average molecular weight is 424 g/mol. The molecule has 0 aromatic heterocycles. The molecular formula is C20H21Cl2Zr. The van der Waals surface area contributed by atoms with E-state index in [9.17, 15) is 0 Å². The van der Waals surface area contributed by atoms with Crippen molar-refractivity contribution in [3.63, 3.8) is 0 Å². The summed E-state index contributed by atoms with van der Waals surface area (Å²) in [6.07, 6.45) is 3.51. The number of hydrogen-bond acceptors (Lipinski definition) is 0. The maximum absolute atomic E-state index is 4.93. The quantitative estimate of drug-likeness (QED) is 0.521. The Labute approximate surface area is 158 Å². The standard InChI is InChI=1S/C20H21.2ClH.Zr/c1-14(2)11-16-9-10-19-18(13-16)12-15(3)20(19)17-7-5-4-6-8-17;;;/h5-10,12-14,20H,11H2,1-3H3;2*1H;/q;;;+2/p-2. The van der Waals surface area contributed by atoms with E-state index < -0.39 is 20.8 Å². The van der Waals surface area contributed by atoms with Gasteiger partial charge in [-0.1, -0.05) is 68.0 Å². The first-order valence-corrected chi connectivity index (χ1v) is 14.1. The van der Waals surface area contributed by atoms with E-state index in [1.165, 1.54) is 27.8 Å². The second-order valence-electron chi connectivity index (χ2n) is 6.29. The van der Waals surface area contributed by atoms with Gasteiger partial charge in [-0.3, -0.25) is 0 Å². The van der Waals surface area contributed by atoms with Gasteiger partial charge in [0.2, 0.25) is 0 Å². The molecule has 0 aliphatic heterocycles. The summed E-state index contributed by atoms with van der Waals surface area (Å²) < 4.78 is 0. The van der Waals surface area contributed by atoms with Gasteiger partial charge in [0.15, 0.2) is 0 Å². The Morgan fingerprint density at radius 3 is 2.39 bits per heavy atom. The molecule has 1 unspecified atom stereocenters. The third-order valence-electron chi connectivity index (χ3n) is 4.02. The van der Waals surface area contributed by atoms with Crippen LogP contribution in [-0.2, 0) is 27.3 Å². The third kappa shape index (κ3) is 5.06. The van der Waals surface area contributed by atoms with Crippen molar-refractivity contribution in [2.75, 3.05) is 0 Å². The molecule has 0 N–H and O–H groups in total. The van der Waals surface area contributed by atoms with Gasteiger partial charge >= 0.3 is 37.9 Å². The zero-order valence-electron chi connectivity index (χ0n) is 13.7. The Morgan fingerprint density at radius 2 is 1.78 bits per heavy atom. The first-order valence-electron chi connectivity index (χ1n) is 7.80. The summed E-state index contributed by atoms with van der Waals surface area (Å²) in [5.74, 6) is 1.13. The summed E-state index contributed by atoms with van der Waals surface area (Å²) in [6.45, 7) is 6.79. The number of allylic oxidation sites excluding steroid dienone is 1. The molecule has 119 valence electrons. The molecule has 2 aromatic rings. The molecule has 2 aromatic carbocycles. The van der Waals surface area contributed by atoms with Crippen LogP contribution in [0.1, 0.15) is 48.9 Å². The fourth-order valence-electron chi connectivity index (χ4n) is 3.22. The van der Waals surface area contributed by atoms with Gasteiger partial charge in [0.1, 0.15) is 0 Å². The molecule has 0 saturated heterocycles. The van der Waals surface area contributed by atoms with Crippen molar-refractivity contribution in [3.05, 3.63) is 76.4 Å². The van der Waals surface area contributed by atoms with E-state index in [1.54, 1.807) is 0 Å². The van der Waals surface area contributed by atoms with Crippen molar-refractivity contribution in [1.82, 2.24) is 0 Å². The SMILES string of the molecule is CC1=Cc2cc(CC(C)C)ccc2C1c1cc[c]cc1.[Cl][Zr][Cl]. The predicted molar refractivity (Wildman–Crippen MR) is 97.5 cm³/mol. The Balaban J connectivity index is 0.000000595. The van der Waals surface area contributed by atoms with Crippen LogP contribution in [0, 0.1) is 12.0 Å². The summed E-state index contributed by atoms with van der Waals surface area (Å²) >= 11 is -0.826. The fourth-order valence-corrected chi connectivity index (χ4v) is 3.22. The van der Waals surface area contributed by atoms with Crippen molar-refractivity contribution in [2.45, 2.75) is 33.1 Å². The van der Waals surface area contributed by atoms with Crippen LogP contribution in [0.15, 0.2) is 48.0 Å². The fraction of sp³-hybridized carbons (Fsp3) is 0.300. The van der Waals surface area contributed by atoms with Crippen LogP contribution in [0.5, 0.6) is 0 Å². The predicted octanol–water partition coefficient (Wildman–Crippen LogP) is 6.61. The zero-order valence-corrected chi connectivity index (χ0v) is 17.7. The molecule has 1 aliphatic rings. The molecule has 0 spiro atoms. The van der Waals surface area contributed by atoms with Crippen LogP contribution < -0.4 is 0 Å². The van der Waals surface area contributed by atoms with Crippen LogP contribution in [0.4, 0.5) is 0 Å². The summed E-state index contributed by atoms with van der Waals surface area (Å²) in [4.78, 5) is 0. The Morgan fingerprint density at radius 1 is 1.13 bits per heavy atom. The van der Waals surface area contributed by atoms with E-state index in [0.717, 1.165) is 6.42 Å². The monoisotopic (exact) mass is 421 g/mol. The maximum atomic E-state index is 4.93. The molecule has 1 aliphatic carbocycles. The second-order valence-corrected chi connectivity index (χ2v) is 10.0. The van der Waals surface area contributed by atoms with E-state index in [4.69, 9.17) is 17.0 Å². The first-order chi connectivity index (χ1) is 11.1. The molecular weight excluding hydrogens is 402 g/mol. The van der Waals surface area contributed by atoms with Gasteiger partial charge in [-0.05, 0) is 47.6 Å². The summed E-state index contributed by atoms with van der Waals surface area (Å²) in [5.41, 5.74) is 7.10. The van der Waals surface area contributed by atoms with Gasteiger partial charge in [0.05, 0.1) is 0 Å². The molecule has 0 nitrogen and oxygen atoms in total. The average Bonchev–Trinajstić information content (AvgIpc) is 2.83. The van der Waals surface area contributed by atoms with Crippen LogP contribution in [0.2, 0.25) is 0 Å². The molecule has 3 heteroatoms. The minimum absolute atomic E-state index is 0.424. The molecule has 0 heterocycles. The van der Waals surface area contributed by atoms with Gasteiger partial charge in [-0.15, -0.1) is 0 Å². The summed E-state index contributed by atoms with van der Waals surface area (Å²) in [5, 5.41) is 0. The first kappa shape index (κ1) is 19.0. The molecule has 0 amide bonds. The van der Waals surface area contributed by atoms with E-state index in [-0.39, 0.29) is 0 Å². The zero-order chi connectivity index (χ0) is 16.8. The van der Waals surface area contributed by atoms with Crippen molar-refractivity contribution >= 4 is 23.1 Å². The van der Waals surface area contributed by atoms with Crippen LogP contribution in [0.3, 0.4) is 0 Å². The summed E-state index contributed by atoms with van der Waals surface area (Å²) in [7, 11) is 9.87. The molecule has 1 atom stereocenters. The molecule has 0 saturated carbocycles. The minimum atomic E-state index is -0.826. The number of fused-ring (bicyclic) bond motifs is 1. The number of benzene rings is 2. The normalized spacial score (nSPS) is 15.6. The van der Waals surface area contributed by atoms with Crippen molar-refractivity contribution in [3.8, 4) is 0 Å². The van der Waals surface area contributed by atoms with E-state index in [2.05, 4.69) is 63.2 Å². The van der Waals surface area contributed by atoms with E-state index >= 15 is 0 Å². The van der Waals surface area contributed by atoms with Crippen molar-refractivity contribution < 1.29 is 20.8 Å². The van der Waals surface area contributed by atoms with Gasteiger partial charge in [0, 0.05) is 5.92 Å². The number of halogens is 2. The number of rotatable bonds is 3. The van der Waals surface area contributed by atoms with Crippen molar-refractivity contribution in [1.29, 1.82) is 0 Å². The van der Waals surface area contributed by atoms with Crippen molar-refractivity contribution in [2.24, 2.45) is 5.92 Å². The van der Waals surface area contributed by atoms with Gasteiger partial charge < -0.3 is 0 Å². The topological polar surface area (TPSA) is 0 Å². The molecule has 23 heavy (non-hydrogen) atoms. The Bertz CT molecular complexity index is 663. The Kier molecular flexibility index (Phi) is 7.60. The second kappa shape index (κ2) is 9.21. The van der Waals surface area contributed by atoms with E-state index in [0.29, 0.717) is 11.8 Å². The van der Waals surface area contributed by atoms with E-state index in [1.807, 2.05) is 12.1 Å². The Hall–Kier alpha value is -0.357. The third-order valence-corrected chi connectivity index (χ3v) is 4.02. The van der Waals surface area contributed by atoms with Crippen LogP contribution in [-0.4, -0.2) is 0 Å². The molecule has 0 bridgehead atoms. The molecule has 3 rings (SSSR count). The van der Waals surface area contributed by atoms with Gasteiger partial charge in [0.25, 0.3) is 0 Å². The molecule has 0 fully saturated rings. The molecule has 1 radical (unpaired) electrons. The number of hydrogen-bond donors (Lipinski definition) is 0. The van der Waals surface area contributed by atoms with Gasteiger partial charge in [-0.2, -0.15) is 0 Å². The summed E-state index contributed by atoms with van der Waals surface area (Å²) in [6, 6.07) is 18.5. The van der Waals surface area contributed by atoms with Crippen LogP contribution >= 0.6 is 17.0 Å². The van der Waals surface area contributed by atoms with Crippen LogP contribution in [0.25, 0.3) is 6.08 Å². The van der Waals surface area contributed by atoms with Gasteiger partial charge in [-0.25, -0.2) is 0 Å².